The van der Waals surface area contributed by atoms with Gasteiger partial charge in [-0.2, -0.15) is 0 Å². The molecule has 1 rings (SSSR count). The van der Waals surface area contributed by atoms with Gasteiger partial charge in [-0.25, -0.2) is 0 Å². The third kappa shape index (κ3) is 5.71. The molecule has 22 heavy (non-hydrogen) atoms. The first-order chi connectivity index (χ1) is 9.89. The summed E-state index contributed by atoms with van der Waals surface area (Å²) in [5.41, 5.74) is -0.187. The van der Waals surface area contributed by atoms with Gasteiger partial charge in [-0.15, -0.1) is 0 Å². The third-order valence-electron chi connectivity index (χ3n) is 2.83. The van der Waals surface area contributed by atoms with Gasteiger partial charge in [-0.05, 0) is 31.7 Å². The fraction of sp³-hybridized carbons (Fsp3) is 0.562. The molecule has 0 aromatic heterocycles. The van der Waals surface area contributed by atoms with Crippen LogP contribution in [-0.4, -0.2) is 16.4 Å². The van der Waals surface area contributed by atoms with Crippen molar-refractivity contribution in [2.24, 2.45) is 5.41 Å². The van der Waals surface area contributed by atoms with Gasteiger partial charge in [0.25, 0.3) is 5.69 Å². The average molecular weight is 308 g/mol. The van der Waals surface area contributed by atoms with Crippen molar-refractivity contribution >= 4 is 17.3 Å². The second-order valence-electron chi connectivity index (χ2n) is 7.22. The van der Waals surface area contributed by atoms with Crippen molar-refractivity contribution in [3.05, 3.63) is 28.3 Å². The fourth-order valence-electron chi connectivity index (χ4n) is 2.62. The van der Waals surface area contributed by atoms with Crippen LogP contribution < -0.4 is 10.1 Å². The molecule has 6 nitrogen and oxygen atoms in total. The number of nitro groups is 1. The predicted molar refractivity (Wildman–Crippen MR) is 86.2 cm³/mol. The number of carbonyl (C=O) groups excluding carboxylic acids is 1. The monoisotopic (exact) mass is 308 g/mol. The number of rotatable bonds is 5. The Morgan fingerprint density at radius 3 is 2.32 bits per heavy atom. The van der Waals surface area contributed by atoms with Crippen LogP contribution in [0, 0.1) is 15.5 Å². The fourth-order valence-corrected chi connectivity index (χ4v) is 2.62. The van der Waals surface area contributed by atoms with Crippen LogP contribution in [0.25, 0.3) is 0 Å². The van der Waals surface area contributed by atoms with Crippen LogP contribution in [0.4, 0.5) is 11.4 Å². The lowest BCUT2D eigenvalue weighted by Crippen LogP contribution is -2.33. The van der Waals surface area contributed by atoms with E-state index in [9.17, 15) is 14.9 Å². The summed E-state index contributed by atoms with van der Waals surface area (Å²) in [5.74, 6) is 0.119. The number of ether oxygens (including phenoxy) is 1. The molecule has 0 unspecified atom stereocenters. The van der Waals surface area contributed by atoms with Crippen molar-refractivity contribution in [3.63, 3.8) is 0 Å². The molecule has 0 aliphatic carbocycles. The second-order valence-corrected chi connectivity index (χ2v) is 7.22. The molecule has 1 amide bonds. The van der Waals surface area contributed by atoms with E-state index in [1.165, 1.54) is 25.1 Å². The molecule has 0 bridgehead atoms. The van der Waals surface area contributed by atoms with Gasteiger partial charge in [0.2, 0.25) is 5.91 Å². The van der Waals surface area contributed by atoms with Crippen LogP contribution >= 0.6 is 0 Å². The highest BCUT2D eigenvalue weighted by molar-refractivity contribution is 5.90. The highest BCUT2D eigenvalue weighted by atomic mass is 16.6. The zero-order chi connectivity index (χ0) is 17.1. The molecule has 1 aromatic rings. The summed E-state index contributed by atoms with van der Waals surface area (Å²) in [7, 11) is 0. The van der Waals surface area contributed by atoms with E-state index in [4.69, 9.17) is 4.74 Å². The molecular formula is C16H24N2O4. The van der Waals surface area contributed by atoms with Crippen LogP contribution in [0.5, 0.6) is 5.75 Å². The molecule has 0 saturated carbocycles. The SMILES string of the molecule is CC(=O)Nc1cc([N+](=O)[O-])ccc1OC(C)(C)CC(C)(C)C. The Morgan fingerprint density at radius 1 is 1.27 bits per heavy atom. The van der Waals surface area contributed by atoms with Crippen LogP contribution in [0.2, 0.25) is 0 Å². The molecular weight excluding hydrogens is 284 g/mol. The van der Waals surface area contributed by atoms with E-state index >= 15 is 0 Å². The van der Waals surface area contributed by atoms with E-state index < -0.39 is 10.5 Å². The summed E-state index contributed by atoms with van der Waals surface area (Å²) >= 11 is 0. The summed E-state index contributed by atoms with van der Waals surface area (Å²) in [4.78, 5) is 21.7. The van der Waals surface area contributed by atoms with Gasteiger partial charge in [-0.3, -0.25) is 14.9 Å². The number of non-ortho nitro benzene ring substituents is 1. The highest BCUT2D eigenvalue weighted by Crippen LogP contribution is 2.35. The minimum Gasteiger partial charge on any atom is -0.486 e. The lowest BCUT2D eigenvalue weighted by molar-refractivity contribution is -0.384. The molecule has 0 fully saturated rings. The molecule has 0 atom stereocenters. The minimum atomic E-state index is -0.505. The first-order valence-corrected chi connectivity index (χ1v) is 7.15. The van der Waals surface area contributed by atoms with E-state index in [2.05, 4.69) is 26.1 Å². The topological polar surface area (TPSA) is 81.5 Å². The van der Waals surface area contributed by atoms with Gasteiger partial charge < -0.3 is 10.1 Å². The number of nitrogens with one attached hydrogen (secondary N) is 1. The van der Waals surface area contributed by atoms with Crippen molar-refractivity contribution in [3.8, 4) is 5.75 Å². The molecule has 0 aliphatic rings. The Bertz CT molecular complexity index is 574. The first kappa shape index (κ1) is 17.9. The lowest BCUT2D eigenvalue weighted by Gasteiger charge is -2.33. The van der Waals surface area contributed by atoms with Gasteiger partial charge in [0, 0.05) is 19.1 Å². The van der Waals surface area contributed by atoms with Gasteiger partial charge >= 0.3 is 0 Å². The molecule has 1 N–H and O–H groups in total. The van der Waals surface area contributed by atoms with Crippen LogP contribution in [-0.2, 0) is 4.79 Å². The largest absolute Gasteiger partial charge is 0.486 e. The Labute approximate surface area is 131 Å². The van der Waals surface area contributed by atoms with E-state index in [1.807, 2.05) is 13.8 Å². The van der Waals surface area contributed by atoms with E-state index in [1.54, 1.807) is 0 Å². The number of anilines is 1. The van der Waals surface area contributed by atoms with Crippen LogP contribution in [0.1, 0.15) is 48.0 Å². The number of hydrogen-bond donors (Lipinski definition) is 1. The maximum absolute atomic E-state index is 11.3. The Kier molecular flexibility index (Phi) is 5.17. The zero-order valence-corrected chi connectivity index (χ0v) is 14.0. The molecule has 0 radical (unpaired) electrons. The normalized spacial score (nSPS) is 11.9. The lowest BCUT2D eigenvalue weighted by atomic mass is 9.83. The summed E-state index contributed by atoms with van der Waals surface area (Å²) in [6, 6.07) is 4.20. The first-order valence-electron chi connectivity index (χ1n) is 7.15. The Balaban J connectivity index is 3.12. The van der Waals surface area contributed by atoms with Crippen molar-refractivity contribution in [1.82, 2.24) is 0 Å². The van der Waals surface area contributed by atoms with Gasteiger partial charge in [0.1, 0.15) is 11.4 Å². The van der Waals surface area contributed by atoms with Crippen LogP contribution in [0.3, 0.4) is 0 Å². The molecule has 0 saturated heterocycles. The summed E-state index contributed by atoms with van der Waals surface area (Å²) in [5, 5.41) is 13.5. The number of amides is 1. The maximum Gasteiger partial charge on any atom is 0.271 e. The predicted octanol–water partition coefficient (Wildman–Crippen LogP) is 4.15. The summed E-state index contributed by atoms with van der Waals surface area (Å²) in [6.45, 7) is 11.6. The summed E-state index contributed by atoms with van der Waals surface area (Å²) < 4.78 is 6.01. The number of benzene rings is 1. The number of nitro benzene ring substituents is 1. The van der Waals surface area contributed by atoms with Gasteiger partial charge in [0.05, 0.1) is 10.6 Å². The smallest absolute Gasteiger partial charge is 0.271 e. The second kappa shape index (κ2) is 6.34. The summed E-state index contributed by atoms with van der Waals surface area (Å²) in [6.07, 6.45) is 0.788. The molecule has 0 spiro atoms. The number of carbonyl (C=O) groups is 1. The van der Waals surface area contributed by atoms with Crippen molar-refractivity contribution in [1.29, 1.82) is 0 Å². The van der Waals surface area contributed by atoms with Gasteiger partial charge in [-0.1, -0.05) is 20.8 Å². The van der Waals surface area contributed by atoms with Crippen LogP contribution in [0.15, 0.2) is 18.2 Å². The molecule has 0 aliphatic heterocycles. The molecule has 6 heteroatoms. The third-order valence-corrected chi connectivity index (χ3v) is 2.83. The quantitative estimate of drug-likeness (QED) is 0.654. The number of nitrogens with zero attached hydrogens (tertiary/aromatic N) is 1. The molecule has 122 valence electrons. The van der Waals surface area contributed by atoms with Gasteiger partial charge in [0.15, 0.2) is 0 Å². The average Bonchev–Trinajstić information content (AvgIpc) is 2.26. The van der Waals surface area contributed by atoms with Crippen molar-refractivity contribution in [2.75, 3.05) is 5.32 Å². The highest BCUT2D eigenvalue weighted by Gasteiger charge is 2.28. The standard InChI is InChI=1S/C16H24N2O4/c1-11(19)17-13-9-12(18(20)21)7-8-14(13)22-16(5,6)10-15(2,3)4/h7-9H,10H2,1-6H3,(H,17,19). The van der Waals surface area contributed by atoms with E-state index in [0.29, 0.717) is 11.4 Å². The minimum absolute atomic E-state index is 0.0679. The Morgan fingerprint density at radius 2 is 1.86 bits per heavy atom. The maximum atomic E-state index is 11.3. The zero-order valence-electron chi connectivity index (χ0n) is 14.0. The van der Waals surface area contributed by atoms with Crippen molar-refractivity contribution < 1.29 is 14.5 Å². The molecule has 0 heterocycles. The van der Waals surface area contributed by atoms with Crippen molar-refractivity contribution in [2.45, 2.75) is 53.6 Å². The van der Waals surface area contributed by atoms with E-state index in [-0.39, 0.29) is 17.0 Å². The van der Waals surface area contributed by atoms with E-state index in [0.717, 1.165) is 6.42 Å². The molecule has 1 aromatic carbocycles. The Hall–Kier alpha value is -2.11. The number of hydrogen-bond acceptors (Lipinski definition) is 4.